The summed E-state index contributed by atoms with van der Waals surface area (Å²) in [4.78, 5) is 34.3. The molecule has 2 saturated heterocycles. The quantitative estimate of drug-likeness (QED) is 0.309. The summed E-state index contributed by atoms with van der Waals surface area (Å²) in [7, 11) is 3.47. The van der Waals surface area contributed by atoms with Gasteiger partial charge in [0, 0.05) is 58.0 Å². The monoisotopic (exact) mass is 572 g/mol. The second kappa shape index (κ2) is 13.5. The van der Waals surface area contributed by atoms with E-state index in [1.54, 1.807) is 23.9 Å². The number of likely N-dealkylation sites (N-methyl/N-ethyl adjacent to an activating group) is 1. The molecule has 2 N–H and O–H groups in total. The Hall–Kier alpha value is -2.24. The van der Waals surface area contributed by atoms with Gasteiger partial charge in [0.25, 0.3) is 0 Å². The number of halogens is 1. The van der Waals surface area contributed by atoms with Gasteiger partial charge >= 0.3 is 6.09 Å². The maximum atomic E-state index is 12.1. The molecule has 1 aromatic carbocycles. The largest absolute Gasteiger partial charge is 0.450 e. The Kier molecular flexibility index (Phi) is 11.0. The zero-order valence-electron chi connectivity index (χ0n) is 19.8. The van der Waals surface area contributed by atoms with Crippen molar-refractivity contribution in [1.29, 1.82) is 0 Å². The van der Waals surface area contributed by atoms with Crippen LogP contribution in [0, 0.1) is 0 Å². The molecule has 1 aromatic rings. The molecule has 0 aliphatic carbocycles. The van der Waals surface area contributed by atoms with E-state index in [0.717, 1.165) is 32.4 Å². The van der Waals surface area contributed by atoms with Crippen molar-refractivity contribution in [2.45, 2.75) is 38.3 Å². The first-order valence-corrected chi connectivity index (χ1v) is 11.5. The van der Waals surface area contributed by atoms with Crippen LogP contribution in [0.4, 0.5) is 10.5 Å². The fraction of sp³-hybridized carbons (Fsp3) is 0.609. The number of nitrogens with one attached hydrogen (secondary N) is 2. The van der Waals surface area contributed by atoms with E-state index >= 15 is 0 Å². The van der Waals surface area contributed by atoms with Crippen LogP contribution in [0.15, 0.2) is 35.3 Å². The zero-order valence-corrected chi connectivity index (χ0v) is 22.2. The summed E-state index contributed by atoms with van der Waals surface area (Å²) in [5.41, 5.74) is 1.22. The Balaban J connectivity index is 0.00000385. The molecule has 2 aliphatic heterocycles. The van der Waals surface area contributed by atoms with Crippen molar-refractivity contribution in [2.24, 2.45) is 4.99 Å². The molecule has 9 nitrogen and oxygen atoms in total. The molecular formula is C23H37IN6O3. The van der Waals surface area contributed by atoms with Crippen LogP contribution in [-0.2, 0) is 9.53 Å². The number of rotatable bonds is 6. The lowest BCUT2D eigenvalue weighted by Gasteiger charge is -2.33. The zero-order chi connectivity index (χ0) is 22.9. The summed E-state index contributed by atoms with van der Waals surface area (Å²) in [5, 5.41) is 7.03. The van der Waals surface area contributed by atoms with E-state index in [2.05, 4.69) is 44.8 Å². The van der Waals surface area contributed by atoms with Gasteiger partial charge in [-0.1, -0.05) is 18.2 Å². The third-order valence-electron chi connectivity index (χ3n) is 5.88. The summed E-state index contributed by atoms with van der Waals surface area (Å²) >= 11 is 0. The van der Waals surface area contributed by atoms with Crippen molar-refractivity contribution in [3.8, 4) is 0 Å². The number of piperidine rings is 1. The highest BCUT2D eigenvalue weighted by molar-refractivity contribution is 14.0. The summed E-state index contributed by atoms with van der Waals surface area (Å²) in [6.45, 7) is 5.45. The molecule has 2 aliphatic rings. The molecule has 0 radical (unpaired) electrons. The van der Waals surface area contributed by atoms with Gasteiger partial charge in [0.15, 0.2) is 5.96 Å². The van der Waals surface area contributed by atoms with Gasteiger partial charge in [-0.2, -0.15) is 0 Å². The molecule has 184 valence electrons. The Morgan fingerprint density at radius 2 is 1.70 bits per heavy atom. The molecule has 3 rings (SSSR count). The number of nitrogens with zero attached hydrogens (tertiary/aromatic N) is 4. The van der Waals surface area contributed by atoms with Gasteiger partial charge in [0.1, 0.15) is 6.54 Å². The van der Waals surface area contributed by atoms with Crippen molar-refractivity contribution in [2.75, 3.05) is 58.3 Å². The number of carbonyl (C=O) groups is 2. The molecule has 2 fully saturated rings. The van der Waals surface area contributed by atoms with Gasteiger partial charge in [-0.3, -0.25) is 4.79 Å². The third kappa shape index (κ3) is 8.24. The number of benzene rings is 1. The van der Waals surface area contributed by atoms with Crippen LogP contribution in [0.3, 0.4) is 0 Å². The fourth-order valence-corrected chi connectivity index (χ4v) is 3.98. The SMILES string of the molecule is CCOC(=O)N1CCC(NC(=NCC(=O)N(C)C)NC2CCN(c3ccccc3)C2)CC1.I. The predicted molar refractivity (Wildman–Crippen MR) is 141 cm³/mol. The highest BCUT2D eigenvalue weighted by atomic mass is 127. The van der Waals surface area contributed by atoms with E-state index in [9.17, 15) is 9.59 Å². The number of guanidine groups is 1. The Morgan fingerprint density at radius 3 is 2.33 bits per heavy atom. The van der Waals surface area contributed by atoms with Gasteiger partial charge in [-0.15, -0.1) is 24.0 Å². The highest BCUT2D eigenvalue weighted by Gasteiger charge is 2.27. The van der Waals surface area contributed by atoms with E-state index in [1.165, 1.54) is 5.69 Å². The molecular weight excluding hydrogens is 535 g/mol. The molecule has 2 amide bonds. The van der Waals surface area contributed by atoms with Crippen LogP contribution in [0.5, 0.6) is 0 Å². The maximum Gasteiger partial charge on any atom is 0.409 e. The minimum absolute atomic E-state index is 0. The molecule has 0 aromatic heterocycles. The Labute approximate surface area is 213 Å². The molecule has 10 heteroatoms. The molecule has 1 unspecified atom stereocenters. The number of para-hydroxylation sites is 1. The first kappa shape index (κ1) is 27.0. The van der Waals surface area contributed by atoms with Crippen molar-refractivity contribution in [1.82, 2.24) is 20.4 Å². The van der Waals surface area contributed by atoms with Crippen molar-refractivity contribution in [3.05, 3.63) is 30.3 Å². The van der Waals surface area contributed by atoms with Crippen LogP contribution < -0.4 is 15.5 Å². The molecule has 0 spiro atoms. The number of anilines is 1. The summed E-state index contributed by atoms with van der Waals surface area (Å²) < 4.78 is 5.10. The van der Waals surface area contributed by atoms with Crippen LogP contribution in [0.25, 0.3) is 0 Å². The lowest BCUT2D eigenvalue weighted by molar-refractivity contribution is -0.127. The van der Waals surface area contributed by atoms with Gasteiger partial charge < -0.3 is 30.1 Å². The summed E-state index contributed by atoms with van der Waals surface area (Å²) in [6.07, 6.45) is 2.36. The first-order valence-electron chi connectivity index (χ1n) is 11.5. The maximum absolute atomic E-state index is 12.1. The molecule has 2 heterocycles. The van der Waals surface area contributed by atoms with E-state index in [1.807, 2.05) is 13.0 Å². The number of ether oxygens (including phenoxy) is 1. The van der Waals surface area contributed by atoms with Gasteiger partial charge in [-0.05, 0) is 38.3 Å². The minimum atomic E-state index is -0.249. The lowest BCUT2D eigenvalue weighted by atomic mass is 10.1. The van der Waals surface area contributed by atoms with Crippen molar-refractivity contribution < 1.29 is 14.3 Å². The summed E-state index contributed by atoms with van der Waals surface area (Å²) in [5.74, 6) is 0.621. The topological polar surface area (TPSA) is 89.5 Å². The lowest BCUT2D eigenvalue weighted by Crippen LogP contribution is -2.52. The van der Waals surface area contributed by atoms with Crippen molar-refractivity contribution >= 4 is 47.6 Å². The van der Waals surface area contributed by atoms with E-state index in [0.29, 0.717) is 25.7 Å². The molecule has 33 heavy (non-hydrogen) atoms. The van der Waals surface area contributed by atoms with Crippen LogP contribution >= 0.6 is 24.0 Å². The number of hydrogen-bond donors (Lipinski definition) is 2. The second-order valence-electron chi connectivity index (χ2n) is 8.47. The number of carbonyl (C=O) groups excluding carboxylic acids is 2. The molecule has 0 bridgehead atoms. The van der Waals surface area contributed by atoms with E-state index in [4.69, 9.17) is 4.74 Å². The van der Waals surface area contributed by atoms with Crippen LogP contribution in [-0.4, -0.2) is 93.3 Å². The summed E-state index contributed by atoms with van der Waals surface area (Å²) in [6, 6.07) is 10.8. The third-order valence-corrected chi connectivity index (χ3v) is 5.88. The van der Waals surface area contributed by atoms with Crippen molar-refractivity contribution in [3.63, 3.8) is 0 Å². The number of hydrogen-bond acceptors (Lipinski definition) is 5. The first-order chi connectivity index (χ1) is 15.5. The van der Waals surface area contributed by atoms with Gasteiger partial charge in [0.05, 0.1) is 6.61 Å². The number of aliphatic imine (C=N–C) groups is 1. The number of amides is 2. The Bertz CT molecular complexity index is 784. The highest BCUT2D eigenvalue weighted by Crippen LogP contribution is 2.20. The molecule has 0 saturated carbocycles. The Morgan fingerprint density at radius 1 is 1.06 bits per heavy atom. The second-order valence-corrected chi connectivity index (χ2v) is 8.47. The predicted octanol–water partition coefficient (Wildman–Crippen LogP) is 2.13. The van der Waals surface area contributed by atoms with E-state index < -0.39 is 0 Å². The van der Waals surface area contributed by atoms with Crippen LogP contribution in [0.1, 0.15) is 26.2 Å². The smallest absolute Gasteiger partial charge is 0.409 e. The minimum Gasteiger partial charge on any atom is -0.450 e. The normalized spacial score (nSPS) is 19.0. The number of likely N-dealkylation sites (tertiary alicyclic amines) is 1. The fourth-order valence-electron chi connectivity index (χ4n) is 3.98. The van der Waals surface area contributed by atoms with Gasteiger partial charge in [0.2, 0.25) is 5.91 Å². The average molecular weight is 572 g/mol. The standard InChI is InChI=1S/C23H36N6O3.HI/c1-4-32-23(31)28-13-10-18(11-14-28)25-22(24-16-21(30)27(2)3)26-19-12-15-29(17-19)20-8-6-5-7-9-20;/h5-9,18-19H,4,10-17H2,1-3H3,(H2,24,25,26);1H. The average Bonchev–Trinajstić information content (AvgIpc) is 3.27. The molecule has 1 atom stereocenters. The van der Waals surface area contributed by atoms with Crippen LogP contribution in [0.2, 0.25) is 0 Å². The van der Waals surface area contributed by atoms with E-state index in [-0.39, 0.29) is 54.6 Å². The van der Waals surface area contributed by atoms with Gasteiger partial charge in [-0.25, -0.2) is 9.79 Å².